The zero-order chi connectivity index (χ0) is 17.1. The Bertz CT molecular complexity index is 235. The molecule has 0 amide bonds. The summed E-state index contributed by atoms with van der Waals surface area (Å²) in [5, 5.41) is 0. The molecule has 1 heterocycles. The first-order chi connectivity index (χ1) is 11.9. The molecule has 24 heavy (non-hydrogen) atoms. The summed E-state index contributed by atoms with van der Waals surface area (Å²) in [6, 6.07) is 0. The molecule has 0 saturated carbocycles. The average Bonchev–Trinajstić information content (AvgIpc) is 2.59. The lowest BCUT2D eigenvalue weighted by Gasteiger charge is -2.18. The van der Waals surface area contributed by atoms with E-state index in [1.165, 1.54) is 0 Å². The van der Waals surface area contributed by atoms with Crippen LogP contribution in [-0.4, -0.2) is 92.0 Å². The van der Waals surface area contributed by atoms with E-state index in [0.29, 0.717) is 79.3 Å². The predicted molar refractivity (Wildman–Crippen MR) is 89.6 cm³/mol. The van der Waals surface area contributed by atoms with Gasteiger partial charge in [-0.15, -0.1) is 0 Å². The van der Waals surface area contributed by atoms with Crippen molar-refractivity contribution in [2.45, 2.75) is 25.9 Å². The molecule has 0 bridgehead atoms. The molecule has 144 valence electrons. The molecular formula is C17H34O7. The van der Waals surface area contributed by atoms with Crippen LogP contribution in [0, 0.1) is 0 Å². The quantitative estimate of drug-likeness (QED) is 0.692. The van der Waals surface area contributed by atoms with E-state index in [1.54, 1.807) is 0 Å². The van der Waals surface area contributed by atoms with Gasteiger partial charge < -0.3 is 33.2 Å². The summed E-state index contributed by atoms with van der Waals surface area (Å²) >= 11 is 0. The topological polar surface area (TPSA) is 64.6 Å². The van der Waals surface area contributed by atoms with E-state index in [1.807, 2.05) is 0 Å². The van der Waals surface area contributed by atoms with Crippen molar-refractivity contribution in [3.63, 3.8) is 0 Å². The number of hydrogen-bond acceptors (Lipinski definition) is 7. The standard InChI is InChI=1S/C17H34O7/c1-2-3-4-22-15-17-16-23-12-11-20-8-7-18-5-6-19-9-10-21-13-14-24-17/h17H,2-16H2,1H3. The van der Waals surface area contributed by atoms with Crippen LogP contribution >= 0.6 is 0 Å². The maximum Gasteiger partial charge on any atom is 0.104 e. The van der Waals surface area contributed by atoms with E-state index >= 15 is 0 Å². The lowest BCUT2D eigenvalue weighted by Crippen LogP contribution is -2.28. The van der Waals surface area contributed by atoms with Crippen LogP contribution in [0.15, 0.2) is 0 Å². The van der Waals surface area contributed by atoms with E-state index in [0.717, 1.165) is 19.4 Å². The molecule has 1 aliphatic heterocycles. The monoisotopic (exact) mass is 350 g/mol. The largest absolute Gasteiger partial charge is 0.379 e. The molecule has 0 aliphatic carbocycles. The molecule has 1 fully saturated rings. The molecule has 1 aliphatic rings. The maximum absolute atomic E-state index is 5.79. The second-order valence-corrected chi connectivity index (χ2v) is 5.45. The van der Waals surface area contributed by atoms with Crippen LogP contribution in [0.1, 0.15) is 19.8 Å². The SMILES string of the molecule is CCCCOCC1COCCOCCOCCOCCOCCO1. The van der Waals surface area contributed by atoms with Gasteiger partial charge in [-0.1, -0.05) is 13.3 Å². The smallest absolute Gasteiger partial charge is 0.104 e. The Labute approximate surface area is 145 Å². The van der Waals surface area contributed by atoms with Crippen LogP contribution in [-0.2, 0) is 33.2 Å². The Morgan fingerprint density at radius 3 is 1.75 bits per heavy atom. The Hall–Kier alpha value is -0.280. The summed E-state index contributed by atoms with van der Waals surface area (Å²) in [5.74, 6) is 0. The van der Waals surface area contributed by atoms with Gasteiger partial charge >= 0.3 is 0 Å². The maximum atomic E-state index is 5.79. The summed E-state index contributed by atoms with van der Waals surface area (Å²) in [4.78, 5) is 0. The van der Waals surface area contributed by atoms with Gasteiger partial charge in [-0.25, -0.2) is 0 Å². The van der Waals surface area contributed by atoms with E-state index < -0.39 is 0 Å². The Kier molecular flexibility index (Phi) is 15.9. The Morgan fingerprint density at radius 1 is 0.708 bits per heavy atom. The van der Waals surface area contributed by atoms with Crippen molar-refractivity contribution in [2.24, 2.45) is 0 Å². The van der Waals surface area contributed by atoms with E-state index in [4.69, 9.17) is 33.2 Å². The fourth-order valence-corrected chi connectivity index (χ4v) is 1.97. The molecule has 1 atom stereocenters. The molecule has 7 nitrogen and oxygen atoms in total. The second-order valence-electron chi connectivity index (χ2n) is 5.45. The molecule has 7 heteroatoms. The van der Waals surface area contributed by atoms with Crippen molar-refractivity contribution in [2.75, 3.05) is 85.9 Å². The highest BCUT2D eigenvalue weighted by molar-refractivity contribution is 4.56. The van der Waals surface area contributed by atoms with Crippen molar-refractivity contribution in [3.05, 3.63) is 0 Å². The Morgan fingerprint density at radius 2 is 1.21 bits per heavy atom. The number of hydrogen-bond donors (Lipinski definition) is 0. The van der Waals surface area contributed by atoms with Gasteiger partial charge in [-0.3, -0.25) is 0 Å². The van der Waals surface area contributed by atoms with Crippen LogP contribution in [0.4, 0.5) is 0 Å². The second kappa shape index (κ2) is 17.5. The summed E-state index contributed by atoms with van der Waals surface area (Å²) in [6.07, 6.45) is 2.11. The van der Waals surface area contributed by atoms with E-state index in [9.17, 15) is 0 Å². The molecule has 0 aromatic rings. The summed E-state index contributed by atoms with van der Waals surface area (Å²) < 4.78 is 38.8. The number of unbranched alkanes of at least 4 members (excludes halogenated alkanes) is 1. The van der Waals surface area contributed by atoms with Crippen molar-refractivity contribution in [1.29, 1.82) is 0 Å². The number of ether oxygens (including phenoxy) is 7. The van der Waals surface area contributed by atoms with Crippen LogP contribution in [0.25, 0.3) is 0 Å². The molecule has 1 unspecified atom stereocenters. The van der Waals surface area contributed by atoms with Gasteiger partial charge in [-0.2, -0.15) is 0 Å². The van der Waals surface area contributed by atoms with Gasteiger partial charge in [0.15, 0.2) is 0 Å². The Balaban J connectivity index is 2.21. The van der Waals surface area contributed by atoms with Gasteiger partial charge in [-0.05, 0) is 6.42 Å². The third-order valence-corrected chi connectivity index (χ3v) is 3.32. The molecular weight excluding hydrogens is 316 g/mol. The average molecular weight is 350 g/mol. The van der Waals surface area contributed by atoms with Gasteiger partial charge in [0.05, 0.1) is 79.3 Å². The van der Waals surface area contributed by atoms with Crippen molar-refractivity contribution < 1.29 is 33.2 Å². The first kappa shape index (κ1) is 21.8. The van der Waals surface area contributed by atoms with Crippen LogP contribution in [0.3, 0.4) is 0 Å². The third kappa shape index (κ3) is 14.1. The van der Waals surface area contributed by atoms with Crippen molar-refractivity contribution in [3.8, 4) is 0 Å². The zero-order valence-corrected chi connectivity index (χ0v) is 15.0. The lowest BCUT2D eigenvalue weighted by molar-refractivity contribution is -0.0846. The van der Waals surface area contributed by atoms with Gasteiger partial charge in [0.2, 0.25) is 0 Å². The molecule has 1 rings (SSSR count). The highest BCUT2D eigenvalue weighted by atomic mass is 16.6. The normalized spacial score (nSPS) is 24.1. The van der Waals surface area contributed by atoms with Crippen LogP contribution < -0.4 is 0 Å². The fraction of sp³-hybridized carbons (Fsp3) is 1.00. The van der Waals surface area contributed by atoms with Gasteiger partial charge in [0.1, 0.15) is 6.10 Å². The summed E-state index contributed by atoms with van der Waals surface area (Å²) in [6.45, 7) is 9.46. The van der Waals surface area contributed by atoms with E-state index in [2.05, 4.69) is 6.92 Å². The van der Waals surface area contributed by atoms with Gasteiger partial charge in [0, 0.05) is 6.61 Å². The van der Waals surface area contributed by atoms with Crippen LogP contribution in [0.2, 0.25) is 0 Å². The minimum atomic E-state index is -0.0797. The predicted octanol–water partition coefficient (Wildman–Crippen LogP) is 1.28. The van der Waals surface area contributed by atoms with Crippen molar-refractivity contribution >= 4 is 0 Å². The van der Waals surface area contributed by atoms with Crippen molar-refractivity contribution in [1.82, 2.24) is 0 Å². The minimum absolute atomic E-state index is 0.0797. The van der Waals surface area contributed by atoms with E-state index in [-0.39, 0.29) is 6.10 Å². The highest BCUT2D eigenvalue weighted by Gasteiger charge is 2.10. The van der Waals surface area contributed by atoms with Gasteiger partial charge in [0.25, 0.3) is 0 Å². The fourth-order valence-electron chi connectivity index (χ4n) is 1.97. The zero-order valence-electron chi connectivity index (χ0n) is 15.0. The first-order valence-electron chi connectivity index (χ1n) is 9.01. The molecule has 0 aromatic heterocycles. The van der Waals surface area contributed by atoms with Crippen LogP contribution in [0.5, 0.6) is 0 Å². The molecule has 0 spiro atoms. The number of rotatable bonds is 5. The molecule has 0 N–H and O–H groups in total. The summed E-state index contributed by atoms with van der Waals surface area (Å²) in [5.41, 5.74) is 0. The summed E-state index contributed by atoms with van der Waals surface area (Å²) in [7, 11) is 0. The lowest BCUT2D eigenvalue weighted by atomic mass is 10.3. The molecule has 0 aromatic carbocycles. The minimum Gasteiger partial charge on any atom is -0.379 e. The highest BCUT2D eigenvalue weighted by Crippen LogP contribution is 1.98. The third-order valence-electron chi connectivity index (χ3n) is 3.32. The molecule has 0 radical (unpaired) electrons. The molecule has 1 saturated heterocycles. The first-order valence-corrected chi connectivity index (χ1v) is 9.01.